The van der Waals surface area contributed by atoms with Crippen LogP contribution in [-0.2, 0) is 14.8 Å². The van der Waals surface area contributed by atoms with Gasteiger partial charge in [0.05, 0.1) is 12.4 Å². The molecular formula is C21H31N3O5S. The normalized spacial score (nSPS) is 17.9. The van der Waals surface area contributed by atoms with Crippen LogP contribution >= 0.6 is 0 Å². The first-order chi connectivity index (χ1) is 14.2. The summed E-state index contributed by atoms with van der Waals surface area (Å²) in [6.07, 6.45) is 4.26. The van der Waals surface area contributed by atoms with Gasteiger partial charge in [-0.1, -0.05) is 18.6 Å². The molecule has 2 aliphatic rings. The van der Waals surface area contributed by atoms with Crippen LogP contribution in [0.4, 0.5) is 4.79 Å². The Balaban J connectivity index is 1.42. The molecule has 1 aliphatic carbocycles. The van der Waals surface area contributed by atoms with Crippen molar-refractivity contribution in [1.82, 2.24) is 14.9 Å². The van der Waals surface area contributed by atoms with Crippen LogP contribution in [0.25, 0.3) is 0 Å². The molecule has 1 aromatic carbocycles. The first-order valence-electron chi connectivity index (χ1n) is 10.6. The molecule has 3 amide bonds. The monoisotopic (exact) mass is 437 g/mol. The number of nitrogens with zero attached hydrogens (tertiary/aromatic N) is 1. The van der Waals surface area contributed by atoms with Gasteiger partial charge in [0.15, 0.2) is 0 Å². The van der Waals surface area contributed by atoms with Crippen LogP contribution in [0.1, 0.15) is 56.2 Å². The maximum absolute atomic E-state index is 12.4. The zero-order chi connectivity index (χ0) is 21.7. The highest BCUT2D eigenvalue weighted by atomic mass is 32.2. The second-order valence-corrected chi connectivity index (χ2v) is 10.1. The van der Waals surface area contributed by atoms with Gasteiger partial charge in [-0.3, -0.25) is 10.1 Å². The van der Waals surface area contributed by atoms with Gasteiger partial charge >= 0.3 is 6.03 Å². The highest BCUT2D eigenvalue weighted by Crippen LogP contribution is 2.31. The Bertz CT molecular complexity index is 883. The van der Waals surface area contributed by atoms with Crippen molar-refractivity contribution in [2.45, 2.75) is 52.0 Å². The summed E-state index contributed by atoms with van der Waals surface area (Å²) in [6.45, 7) is 5.07. The summed E-state index contributed by atoms with van der Waals surface area (Å²) in [4.78, 5) is 24.1. The molecule has 9 heteroatoms. The molecule has 3 rings (SSSR count). The summed E-state index contributed by atoms with van der Waals surface area (Å²) in [5.41, 5.74) is 1.92. The van der Waals surface area contributed by atoms with E-state index in [1.165, 1.54) is 17.7 Å². The predicted molar refractivity (Wildman–Crippen MR) is 114 cm³/mol. The molecule has 2 fully saturated rings. The molecule has 1 saturated heterocycles. The Morgan fingerprint density at radius 2 is 2.00 bits per heavy atom. The Morgan fingerprint density at radius 3 is 2.67 bits per heavy atom. The number of aryl methyl sites for hydroxylation is 1. The average Bonchev–Trinajstić information content (AvgIpc) is 3.44. The van der Waals surface area contributed by atoms with E-state index < -0.39 is 10.0 Å². The number of ether oxygens (including phenoxy) is 1. The smallest absolute Gasteiger partial charge is 0.324 e. The lowest BCUT2D eigenvalue weighted by molar-refractivity contribution is -0.118. The number of urea groups is 1. The highest BCUT2D eigenvalue weighted by Gasteiger charge is 2.26. The quantitative estimate of drug-likeness (QED) is 0.386. The first kappa shape index (κ1) is 22.6. The molecule has 0 spiro atoms. The fourth-order valence-corrected chi connectivity index (χ4v) is 4.74. The van der Waals surface area contributed by atoms with E-state index >= 15 is 0 Å². The van der Waals surface area contributed by atoms with E-state index in [0.29, 0.717) is 31.7 Å². The van der Waals surface area contributed by atoms with E-state index in [9.17, 15) is 18.0 Å². The molecule has 1 aromatic rings. The van der Waals surface area contributed by atoms with Gasteiger partial charge in [-0.2, -0.15) is 0 Å². The van der Waals surface area contributed by atoms with Crippen LogP contribution in [0.5, 0.6) is 5.75 Å². The van der Waals surface area contributed by atoms with E-state index in [2.05, 4.69) is 10.0 Å². The maximum atomic E-state index is 12.4. The van der Waals surface area contributed by atoms with Crippen molar-refractivity contribution in [2.24, 2.45) is 5.92 Å². The molecule has 0 bridgehead atoms. The zero-order valence-corrected chi connectivity index (χ0v) is 18.5. The number of benzene rings is 1. The van der Waals surface area contributed by atoms with Gasteiger partial charge < -0.3 is 9.64 Å². The van der Waals surface area contributed by atoms with Gasteiger partial charge in [-0.25, -0.2) is 17.9 Å². The average molecular weight is 438 g/mol. The molecule has 166 valence electrons. The lowest BCUT2D eigenvalue weighted by Gasteiger charge is -2.17. The van der Waals surface area contributed by atoms with Gasteiger partial charge in [0.1, 0.15) is 12.3 Å². The Kier molecular flexibility index (Phi) is 7.36. The molecule has 0 radical (unpaired) electrons. The molecule has 2 N–H and O–H groups in total. The minimum absolute atomic E-state index is 0.0271. The zero-order valence-electron chi connectivity index (χ0n) is 17.6. The predicted octanol–water partition coefficient (Wildman–Crippen LogP) is 2.49. The van der Waals surface area contributed by atoms with Crippen LogP contribution in [-0.4, -0.2) is 50.7 Å². The van der Waals surface area contributed by atoms with Crippen molar-refractivity contribution in [3.05, 3.63) is 29.3 Å². The third-order valence-electron chi connectivity index (χ3n) is 5.45. The summed E-state index contributed by atoms with van der Waals surface area (Å²) < 4.78 is 33.5. The number of imide groups is 1. The topological polar surface area (TPSA) is 105 Å². The van der Waals surface area contributed by atoms with Crippen LogP contribution in [0.2, 0.25) is 0 Å². The van der Waals surface area contributed by atoms with Gasteiger partial charge in [-0.15, -0.1) is 0 Å². The van der Waals surface area contributed by atoms with Crippen molar-refractivity contribution in [2.75, 3.05) is 25.4 Å². The van der Waals surface area contributed by atoms with Crippen molar-refractivity contribution in [1.29, 1.82) is 0 Å². The SMILES string of the molecule is Cc1ccc([C@@H](C)NS(=O)(=O)CCCCCN2CC(=O)NC2=O)cc1OCC1CC1. The van der Waals surface area contributed by atoms with Crippen molar-refractivity contribution in [3.63, 3.8) is 0 Å². The molecular weight excluding hydrogens is 406 g/mol. The molecule has 8 nitrogen and oxygen atoms in total. The summed E-state index contributed by atoms with van der Waals surface area (Å²) >= 11 is 0. The number of hydrogen-bond acceptors (Lipinski definition) is 5. The largest absolute Gasteiger partial charge is 0.493 e. The number of carbonyl (C=O) groups excluding carboxylic acids is 2. The lowest BCUT2D eigenvalue weighted by atomic mass is 10.1. The first-order valence-corrected chi connectivity index (χ1v) is 12.2. The number of hydrogen-bond donors (Lipinski definition) is 2. The van der Waals surface area contributed by atoms with Crippen LogP contribution in [0, 0.1) is 12.8 Å². The number of sulfonamides is 1. The fourth-order valence-electron chi connectivity index (χ4n) is 3.37. The van der Waals surface area contributed by atoms with E-state index in [1.54, 1.807) is 0 Å². The Labute approximate surface area is 178 Å². The summed E-state index contributed by atoms with van der Waals surface area (Å²) in [6, 6.07) is 5.09. The van der Waals surface area contributed by atoms with E-state index in [0.717, 1.165) is 23.5 Å². The Hall–Kier alpha value is -2.13. The minimum Gasteiger partial charge on any atom is -0.493 e. The third kappa shape index (κ3) is 6.70. The number of rotatable bonds is 12. The van der Waals surface area contributed by atoms with Gasteiger partial charge in [0, 0.05) is 12.6 Å². The third-order valence-corrected chi connectivity index (χ3v) is 6.99. The molecule has 1 aliphatic heterocycles. The van der Waals surface area contributed by atoms with E-state index in [1.807, 2.05) is 32.0 Å². The number of carbonyl (C=O) groups is 2. The highest BCUT2D eigenvalue weighted by molar-refractivity contribution is 7.89. The summed E-state index contributed by atoms with van der Waals surface area (Å²) in [7, 11) is -3.42. The molecule has 1 heterocycles. The van der Waals surface area contributed by atoms with Crippen molar-refractivity contribution < 1.29 is 22.7 Å². The van der Waals surface area contributed by atoms with E-state index in [-0.39, 0.29) is 30.3 Å². The van der Waals surface area contributed by atoms with Gasteiger partial charge in [0.25, 0.3) is 0 Å². The molecule has 30 heavy (non-hydrogen) atoms. The summed E-state index contributed by atoms with van der Waals surface area (Å²) in [5, 5.41) is 2.23. The van der Waals surface area contributed by atoms with Crippen LogP contribution in [0.3, 0.4) is 0 Å². The van der Waals surface area contributed by atoms with Gasteiger partial charge in [-0.05, 0) is 62.6 Å². The number of amides is 3. The standard InChI is InChI=1S/C21H31N3O5S/c1-15-6-9-18(12-19(15)29-14-17-7-8-17)16(2)23-30(27,28)11-5-3-4-10-24-13-20(25)22-21(24)26/h6,9,12,16-17,23H,3-5,7-8,10-11,13-14H2,1-2H3,(H,22,25,26)/t16-/m1/s1. The number of unbranched alkanes of at least 4 members (excludes halogenated alkanes) is 2. The molecule has 1 atom stereocenters. The van der Waals surface area contributed by atoms with E-state index in [4.69, 9.17) is 4.74 Å². The molecule has 0 aromatic heterocycles. The molecule has 0 unspecified atom stereocenters. The second-order valence-electron chi connectivity index (χ2n) is 8.27. The minimum atomic E-state index is -3.42. The van der Waals surface area contributed by atoms with Gasteiger partial charge in [0.2, 0.25) is 15.9 Å². The fraction of sp³-hybridized carbons (Fsp3) is 0.619. The van der Waals surface area contributed by atoms with Crippen LogP contribution in [0.15, 0.2) is 18.2 Å². The Morgan fingerprint density at radius 1 is 1.23 bits per heavy atom. The lowest BCUT2D eigenvalue weighted by Crippen LogP contribution is -2.30. The number of nitrogens with one attached hydrogen (secondary N) is 2. The second kappa shape index (κ2) is 9.78. The maximum Gasteiger partial charge on any atom is 0.324 e. The van der Waals surface area contributed by atoms with Crippen molar-refractivity contribution >= 4 is 22.0 Å². The molecule has 1 saturated carbocycles. The summed E-state index contributed by atoms with van der Waals surface area (Å²) in [5.74, 6) is 1.21. The van der Waals surface area contributed by atoms with Crippen LogP contribution < -0.4 is 14.8 Å². The van der Waals surface area contributed by atoms with Crippen molar-refractivity contribution in [3.8, 4) is 5.75 Å².